The SMILES string of the molecule is Clc1ccc(SP(Sc2ccc(Cl)cc2)Sc2ccc(Cl)cc2)cc1. The zero-order chi connectivity index (χ0) is 17.6. The Morgan fingerprint density at radius 2 is 0.680 bits per heavy atom. The molecule has 0 N–H and O–H groups in total. The van der Waals surface area contributed by atoms with Crippen LogP contribution in [0.25, 0.3) is 0 Å². The molecule has 0 bridgehead atoms. The van der Waals surface area contributed by atoms with Crippen LogP contribution in [0.5, 0.6) is 0 Å². The van der Waals surface area contributed by atoms with E-state index in [1.54, 1.807) is 0 Å². The number of hydrogen-bond acceptors (Lipinski definition) is 3. The van der Waals surface area contributed by atoms with Gasteiger partial charge in [-0.25, -0.2) is 0 Å². The topological polar surface area (TPSA) is 0 Å². The van der Waals surface area contributed by atoms with Crippen LogP contribution in [0.15, 0.2) is 87.5 Å². The number of benzene rings is 3. The molecule has 0 radical (unpaired) electrons. The Morgan fingerprint density at radius 3 is 0.920 bits per heavy atom. The molecule has 0 fully saturated rings. The third-order valence-electron chi connectivity index (χ3n) is 2.98. The molecule has 3 aromatic carbocycles. The highest BCUT2D eigenvalue weighted by atomic mass is 35.5. The van der Waals surface area contributed by atoms with Crippen LogP contribution in [-0.2, 0) is 0 Å². The summed E-state index contributed by atoms with van der Waals surface area (Å²) in [6.07, 6.45) is 0. The van der Waals surface area contributed by atoms with Crippen molar-refractivity contribution in [3.8, 4) is 0 Å². The highest BCUT2D eigenvalue weighted by Crippen LogP contribution is 2.75. The first-order valence-electron chi connectivity index (χ1n) is 7.19. The average molecular weight is 462 g/mol. The molecule has 0 aliphatic carbocycles. The minimum Gasteiger partial charge on any atom is -0.0843 e. The van der Waals surface area contributed by atoms with Gasteiger partial charge in [-0.15, -0.1) is 0 Å². The van der Waals surface area contributed by atoms with E-state index < -0.39 is 5.53 Å². The van der Waals surface area contributed by atoms with Crippen LogP contribution < -0.4 is 0 Å². The van der Waals surface area contributed by atoms with Crippen molar-refractivity contribution in [1.82, 2.24) is 0 Å². The lowest BCUT2D eigenvalue weighted by molar-refractivity contribution is 1.47. The molecule has 25 heavy (non-hydrogen) atoms. The van der Waals surface area contributed by atoms with Gasteiger partial charge in [0, 0.05) is 29.8 Å². The summed E-state index contributed by atoms with van der Waals surface area (Å²) in [4.78, 5) is 3.62. The highest BCUT2D eigenvalue weighted by Gasteiger charge is 2.15. The normalized spacial score (nSPS) is 11.0. The van der Waals surface area contributed by atoms with Crippen LogP contribution in [0.3, 0.4) is 0 Å². The summed E-state index contributed by atoms with van der Waals surface area (Å²) in [6.45, 7) is 0. The highest BCUT2D eigenvalue weighted by molar-refractivity contribution is 9.12. The van der Waals surface area contributed by atoms with Crippen LogP contribution in [0.1, 0.15) is 0 Å². The Hall–Kier alpha value is 0.01000. The fourth-order valence-electron chi connectivity index (χ4n) is 1.80. The first-order chi connectivity index (χ1) is 12.1. The Morgan fingerprint density at radius 1 is 0.440 bits per heavy atom. The van der Waals surface area contributed by atoms with E-state index in [9.17, 15) is 0 Å². The first-order valence-corrected chi connectivity index (χ1v) is 13.9. The van der Waals surface area contributed by atoms with Gasteiger partial charge in [-0.05, 0) is 72.8 Å². The maximum Gasteiger partial charge on any atom is 0.0876 e. The molecule has 3 rings (SSSR count). The lowest BCUT2D eigenvalue weighted by Gasteiger charge is -2.16. The Labute approximate surface area is 176 Å². The number of hydrogen-bond donors (Lipinski definition) is 0. The molecule has 0 heterocycles. The molecule has 0 saturated heterocycles. The smallest absolute Gasteiger partial charge is 0.0843 e. The number of rotatable bonds is 6. The molecular weight excluding hydrogens is 450 g/mol. The van der Waals surface area contributed by atoms with Crippen molar-refractivity contribution < 1.29 is 0 Å². The van der Waals surface area contributed by atoms with Crippen molar-refractivity contribution in [3.63, 3.8) is 0 Å². The van der Waals surface area contributed by atoms with Gasteiger partial charge in [0.1, 0.15) is 0 Å². The van der Waals surface area contributed by atoms with Gasteiger partial charge in [0.2, 0.25) is 0 Å². The largest absolute Gasteiger partial charge is 0.0876 e. The summed E-state index contributed by atoms with van der Waals surface area (Å²) < 4.78 is 0. The van der Waals surface area contributed by atoms with Crippen molar-refractivity contribution in [2.24, 2.45) is 0 Å². The van der Waals surface area contributed by atoms with Crippen LogP contribution in [0.2, 0.25) is 15.1 Å². The van der Waals surface area contributed by atoms with Gasteiger partial charge in [0.25, 0.3) is 0 Å². The van der Waals surface area contributed by atoms with E-state index >= 15 is 0 Å². The van der Waals surface area contributed by atoms with E-state index in [-0.39, 0.29) is 0 Å². The van der Waals surface area contributed by atoms with Crippen LogP contribution in [-0.4, -0.2) is 0 Å². The van der Waals surface area contributed by atoms with Gasteiger partial charge in [-0.2, -0.15) is 0 Å². The fourth-order valence-corrected chi connectivity index (χ4v) is 12.2. The molecule has 7 heteroatoms. The van der Waals surface area contributed by atoms with Gasteiger partial charge >= 0.3 is 0 Å². The second kappa shape index (κ2) is 9.80. The summed E-state index contributed by atoms with van der Waals surface area (Å²) in [5.41, 5.74) is -0.498. The lowest BCUT2D eigenvalue weighted by atomic mass is 10.4. The average Bonchev–Trinajstić information content (AvgIpc) is 2.61. The Kier molecular flexibility index (Phi) is 7.75. The van der Waals surface area contributed by atoms with Crippen LogP contribution in [0.4, 0.5) is 0 Å². The minimum absolute atomic E-state index is 0.498. The quantitative estimate of drug-likeness (QED) is 0.335. The summed E-state index contributed by atoms with van der Waals surface area (Å²) in [7, 11) is 0. The molecule has 0 aliphatic rings. The van der Waals surface area contributed by atoms with E-state index in [4.69, 9.17) is 34.8 Å². The van der Waals surface area contributed by atoms with Crippen molar-refractivity contribution >= 4 is 74.5 Å². The predicted octanol–water partition coefficient (Wildman–Crippen LogP) is 9.55. The van der Waals surface area contributed by atoms with E-state index in [2.05, 4.69) is 36.4 Å². The van der Waals surface area contributed by atoms with E-state index in [1.165, 1.54) is 14.7 Å². The van der Waals surface area contributed by atoms with Gasteiger partial charge in [-0.3, -0.25) is 0 Å². The molecule has 0 saturated carbocycles. The van der Waals surface area contributed by atoms with Gasteiger partial charge in [0.05, 0.1) is 5.53 Å². The van der Waals surface area contributed by atoms with E-state index in [1.807, 2.05) is 70.5 Å². The molecule has 0 atom stereocenters. The third kappa shape index (κ3) is 6.59. The van der Waals surface area contributed by atoms with Crippen LogP contribution in [0, 0.1) is 0 Å². The Bertz CT molecular complexity index is 696. The maximum atomic E-state index is 6.00. The number of halogens is 3. The molecular formula is C18H12Cl3PS3. The Balaban J connectivity index is 1.77. The van der Waals surface area contributed by atoms with E-state index in [0.717, 1.165) is 15.1 Å². The minimum atomic E-state index is -0.498. The predicted molar refractivity (Wildman–Crippen MR) is 119 cm³/mol. The van der Waals surface area contributed by atoms with Gasteiger partial charge in [0.15, 0.2) is 0 Å². The molecule has 0 aromatic heterocycles. The molecule has 0 amide bonds. The standard InChI is InChI=1S/C18H12Cl3PS3/c19-13-1-7-16(8-2-13)23-22(24-17-9-3-14(20)4-10-17)25-18-11-5-15(21)6-12-18/h1-12H. The summed E-state index contributed by atoms with van der Waals surface area (Å²) >= 11 is 23.6. The monoisotopic (exact) mass is 460 g/mol. The van der Waals surface area contributed by atoms with Crippen molar-refractivity contribution in [2.45, 2.75) is 14.7 Å². The summed E-state index contributed by atoms with van der Waals surface area (Å²) in [6, 6.07) is 23.9. The zero-order valence-electron chi connectivity index (χ0n) is 12.7. The molecule has 3 aromatic rings. The molecule has 0 aliphatic heterocycles. The summed E-state index contributed by atoms with van der Waals surface area (Å²) in [5, 5.41) is 2.26. The maximum absolute atomic E-state index is 6.00. The second-order valence-corrected chi connectivity index (χ2v) is 15.6. The third-order valence-corrected chi connectivity index (χ3v) is 12.9. The second-order valence-electron chi connectivity index (χ2n) is 4.86. The van der Waals surface area contributed by atoms with Crippen molar-refractivity contribution in [1.29, 1.82) is 0 Å². The molecule has 128 valence electrons. The molecule has 0 unspecified atom stereocenters. The molecule has 0 spiro atoms. The van der Waals surface area contributed by atoms with Crippen LogP contribution >= 0.6 is 74.5 Å². The van der Waals surface area contributed by atoms with Gasteiger partial charge < -0.3 is 0 Å². The first kappa shape index (κ1) is 19.8. The summed E-state index contributed by atoms with van der Waals surface area (Å²) in [5.74, 6) is 0. The van der Waals surface area contributed by atoms with E-state index in [0.29, 0.717) is 0 Å². The molecule has 0 nitrogen and oxygen atoms in total. The van der Waals surface area contributed by atoms with Crippen molar-refractivity contribution in [3.05, 3.63) is 87.9 Å². The fraction of sp³-hybridized carbons (Fsp3) is 0. The lowest BCUT2D eigenvalue weighted by Crippen LogP contribution is -1.72. The van der Waals surface area contributed by atoms with Crippen molar-refractivity contribution in [2.75, 3.05) is 0 Å². The van der Waals surface area contributed by atoms with Gasteiger partial charge in [-0.1, -0.05) is 68.9 Å². The zero-order valence-corrected chi connectivity index (χ0v) is 18.3.